The number of hydrogen-bond acceptors (Lipinski definition) is 4. The van der Waals surface area contributed by atoms with Crippen molar-refractivity contribution in [2.24, 2.45) is 0 Å². The number of aromatic nitrogens is 1. The second-order valence-electron chi connectivity index (χ2n) is 6.32. The molecule has 2 aromatic carbocycles. The molecule has 2 N–H and O–H groups in total. The first-order valence-corrected chi connectivity index (χ1v) is 8.93. The maximum atomic E-state index is 12.2. The van der Waals surface area contributed by atoms with Gasteiger partial charge in [0.2, 0.25) is 0 Å². The van der Waals surface area contributed by atoms with E-state index < -0.39 is 12.1 Å². The molecule has 1 heterocycles. The molecule has 0 aliphatic heterocycles. The van der Waals surface area contributed by atoms with Crippen molar-refractivity contribution in [2.75, 3.05) is 11.9 Å². The first kappa shape index (κ1) is 18.0. The Labute approximate surface area is 165 Å². The molecule has 1 aliphatic rings. The Morgan fingerprint density at radius 2 is 1.68 bits per heavy atom. The van der Waals surface area contributed by atoms with E-state index >= 15 is 0 Å². The minimum absolute atomic E-state index is 0.0592. The van der Waals surface area contributed by atoms with Gasteiger partial charge in [0.1, 0.15) is 11.8 Å². The van der Waals surface area contributed by atoms with Crippen LogP contribution in [-0.4, -0.2) is 28.8 Å². The number of carbonyl (C=O) groups excluding carboxylic acids is 1. The van der Waals surface area contributed by atoms with Gasteiger partial charge in [-0.2, -0.15) is 0 Å². The van der Waals surface area contributed by atoms with Crippen LogP contribution >= 0.6 is 11.6 Å². The number of benzene rings is 2. The first-order chi connectivity index (χ1) is 13.5. The number of ether oxygens (including phenoxy) is 1. The summed E-state index contributed by atoms with van der Waals surface area (Å²) >= 11 is 5.73. The number of carbonyl (C=O) groups is 2. The number of anilines is 1. The highest BCUT2D eigenvalue weighted by Crippen LogP contribution is 2.44. The summed E-state index contributed by atoms with van der Waals surface area (Å²) in [4.78, 5) is 27.1. The van der Waals surface area contributed by atoms with E-state index in [1.165, 1.54) is 12.3 Å². The van der Waals surface area contributed by atoms with Crippen molar-refractivity contribution >= 4 is 29.4 Å². The van der Waals surface area contributed by atoms with E-state index in [4.69, 9.17) is 21.4 Å². The molecule has 28 heavy (non-hydrogen) atoms. The van der Waals surface area contributed by atoms with Crippen LogP contribution in [0.25, 0.3) is 11.1 Å². The van der Waals surface area contributed by atoms with Crippen molar-refractivity contribution in [1.82, 2.24) is 4.98 Å². The average Bonchev–Trinajstić information content (AvgIpc) is 3.01. The van der Waals surface area contributed by atoms with Crippen molar-refractivity contribution in [3.8, 4) is 11.1 Å². The topological polar surface area (TPSA) is 88.5 Å². The number of carboxylic acid groups (broad SMARTS) is 1. The summed E-state index contributed by atoms with van der Waals surface area (Å²) in [5.41, 5.74) is 4.49. The highest BCUT2D eigenvalue weighted by Gasteiger charge is 2.29. The third kappa shape index (κ3) is 3.30. The molecule has 0 unspecified atom stereocenters. The van der Waals surface area contributed by atoms with Crippen LogP contribution in [0.2, 0.25) is 5.15 Å². The maximum absolute atomic E-state index is 12.2. The zero-order valence-electron chi connectivity index (χ0n) is 14.6. The fourth-order valence-corrected chi connectivity index (χ4v) is 3.60. The Hall–Kier alpha value is -3.38. The van der Waals surface area contributed by atoms with Crippen LogP contribution < -0.4 is 5.32 Å². The summed E-state index contributed by atoms with van der Waals surface area (Å²) in [6, 6.07) is 17.3. The molecule has 0 radical (unpaired) electrons. The fourth-order valence-electron chi connectivity index (χ4n) is 3.42. The van der Waals surface area contributed by atoms with Gasteiger partial charge in [0, 0.05) is 5.92 Å². The first-order valence-electron chi connectivity index (χ1n) is 8.55. The van der Waals surface area contributed by atoms with E-state index in [1.807, 2.05) is 36.4 Å². The molecule has 4 rings (SSSR count). The molecule has 0 saturated heterocycles. The number of fused-ring (bicyclic) bond motifs is 3. The molecule has 3 aromatic rings. The predicted octanol–water partition coefficient (Wildman–Crippen LogP) is 4.79. The standard InChI is InChI=1S/C21H15ClN2O4/c22-19-17(20(25)26)9-12(10-23-19)24-21(27)28-11-18-15-7-3-1-5-13(15)14-6-2-4-8-16(14)18/h1-10,18H,11H2,(H,24,27)(H,25,26). The average molecular weight is 395 g/mol. The van der Waals surface area contributed by atoms with E-state index in [0.29, 0.717) is 0 Å². The van der Waals surface area contributed by atoms with Crippen molar-refractivity contribution < 1.29 is 19.4 Å². The zero-order valence-corrected chi connectivity index (χ0v) is 15.3. The van der Waals surface area contributed by atoms with Gasteiger partial charge in [0.15, 0.2) is 0 Å². The monoisotopic (exact) mass is 394 g/mol. The molecule has 1 aliphatic carbocycles. The zero-order chi connectivity index (χ0) is 19.7. The van der Waals surface area contributed by atoms with Gasteiger partial charge in [0.25, 0.3) is 0 Å². The lowest BCUT2D eigenvalue weighted by molar-refractivity contribution is 0.0696. The Balaban J connectivity index is 1.49. The molecule has 0 fully saturated rings. The number of halogens is 1. The van der Waals surface area contributed by atoms with Crippen LogP contribution in [0.5, 0.6) is 0 Å². The van der Waals surface area contributed by atoms with Crippen LogP contribution in [-0.2, 0) is 4.74 Å². The Morgan fingerprint density at radius 3 is 2.29 bits per heavy atom. The number of nitrogens with one attached hydrogen (secondary N) is 1. The van der Waals surface area contributed by atoms with Crippen LogP contribution in [0.3, 0.4) is 0 Å². The van der Waals surface area contributed by atoms with Gasteiger partial charge in [0.05, 0.1) is 17.4 Å². The molecule has 1 amide bonds. The number of rotatable bonds is 4. The van der Waals surface area contributed by atoms with E-state index in [0.717, 1.165) is 22.3 Å². The van der Waals surface area contributed by atoms with E-state index in [-0.39, 0.29) is 28.9 Å². The van der Waals surface area contributed by atoms with Crippen LogP contribution in [0.4, 0.5) is 10.5 Å². The van der Waals surface area contributed by atoms with Gasteiger partial charge in [-0.1, -0.05) is 60.1 Å². The second-order valence-corrected chi connectivity index (χ2v) is 6.68. The van der Waals surface area contributed by atoms with Crippen molar-refractivity contribution in [2.45, 2.75) is 5.92 Å². The summed E-state index contributed by atoms with van der Waals surface area (Å²) in [5.74, 6) is -1.29. The second kappa shape index (κ2) is 7.32. The number of carboxylic acids is 1. The molecule has 6 nitrogen and oxygen atoms in total. The van der Waals surface area contributed by atoms with Crippen molar-refractivity contribution in [3.63, 3.8) is 0 Å². The summed E-state index contributed by atoms with van der Waals surface area (Å²) in [6.45, 7) is 0.159. The number of aromatic carboxylic acids is 1. The predicted molar refractivity (Wildman–Crippen MR) is 105 cm³/mol. The SMILES string of the molecule is O=C(Nc1cnc(Cl)c(C(=O)O)c1)OCC1c2ccccc2-c2ccccc21. The maximum Gasteiger partial charge on any atom is 0.411 e. The normalized spacial score (nSPS) is 12.2. The number of hydrogen-bond donors (Lipinski definition) is 2. The number of nitrogens with zero attached hydrogens (tertiary/aromatic N) is 1. The lowest BCUT2D eigenvalue weighted by Crippen LogP contribution is -2.18. The minimum Gasteiger partial charge on any atom is -0.478 e. The lowest BCUT2D eigenvalue weighted by Gasteiger charge is -2.14. The third-order valence-corrected chi connectivity index (χ3v) is 4.96. The highest BCUT2D eigenvalue weighted by atomic mass is 35.5. The van der Waals surface area contributed by atoms with Gasteiger partial charge in [-0.05, 0) is 28.3 Å². The fraction of sp³-hybridized carbons (Fsp3) is 0.0952. The molecule has 140 valence electrons. The molecule has 1 aromatic heterocycles. The Morgan fingerprint density at radius 1 is 1.07 bits per heavy atom. The van der Waals surface area contributed by atoms with Crippen LogP contribution in [0.15, 0.2) is 60.8 Å². The molecule has 0 atom stereocenters. The Kier molecular flexibility index (Phi) is 4.71. The highest BCUT2D eigenvalue weighted by molar-refractivity contribution is 6.32. The molecular weight excluding hydrogens is 380 g/mol. The van der Waals surface area contributed by atoms with Gasteiger partial charge >= 0.3 is 12.1 Å². The minimum atomic E-state index is -1.23. The molecule has 7 heteroatoms. The van der Waals surface area contributed by atoms with Crippen LogP contribution in [0.1, 0.15) is 27.4 Å². The van der Waals surface area contributed by atoms with Gasteiger partial charge in [-0.3, -0.25) is 5.32 Å². The molecular formula is C21H15ClN2O4. The third-order valence-electron chi connectivity index (χ3n) is 4.66. The van der Waals surface area contributed by atoms with Crippen LogP contribution in [0, 0.1) is 0 Å². The summed E-state index contributed by atoms with van der Waals surface area (Å²) in [6.07, 6.45) is 0.582. The summed E-state index contributed by atoms with van der Waals surface area (Å²) in [7, 11) is 0. The van der Waals surface area contributed by atoms with E-state index in [2.05, 4.69) is 22.4 Å². The molecule has 0 bridgehead atoms. The van der Waals surface area contributed by atoms with Gasteiger partial charge in [-0.25, -0.2) is 14.6 Å². The number of amides is 1. The molecule has 0 saturated carbocycles. The summed E-state index contributed by atoms with van der Waals surface area (Å²) < 4.78 is 5.42. The quantitative estimate of drug-likeness (QED) is 0.621. The Bertz CT molecular complexity index is 1040. The largest absolute Gasteiger partial charge is 0.478 e. The van der Waals surface area contributed by atoms with E-state index in [1.54, 1.807) is 0 Å². The lowest BCUT2D eigenvalue weighted by atomic mass is 9.98. The van der Waals surface area contributed by atoms with Crippen molar-refractivity contribution in [3.05, 3.63) is 82.6 Å². The molecule has 0 spiro atoms. The van der Waals surface area contributed by atoms with Gasteiger partial charge < -0.3 is 9.84 Å². The van der Waals surface area contributed by atoms with Crippen molar-refractivity contribution in [1.29, 1.82) is 0 Å². The number of pyridine rings is 1. The smallest absolute Gasteiger partial charge is 0.411 e. The van der Waals surface area contributed by atoms with E-state index in [9.17, 15) is 9.59 Å². The van der Waals surface area contributed by atoms with Gasteiger partial charge in [-0.15, -0.1) is 0 Å². The summed E-state index contributed by atoms with van der Waals surface area (Å²) in [5, 5.41) is 11.4.